The van der Waals surface area contributed by atoms with E-state index in [9.17, 15) is 14.6 Å². The third-order valence-corrected chi connectivity index (χ3v) is 3.27. The lowest BCUT2D eigenvalue weighted by molar-refractivity contribution is 0.272. The van der Waals surface area contributed by atoms with Crippen LogP contribution in [-0.2, 0) is 6.54 Å². The van der Waals surface area contributed by atoms with Gasteiger partial charge in [0.1, 0.15) is 11.5 Å². The topological polar surface area (TPSA) is 78.5 Å². The maximum Gasteiger partial charge on any atom is 0.158 e. The van der Waals surface area contributed by atoms with E-state index in [-0.39, 0.29) is 30.5 Å². The van der Waals surface area contributed by atoms with Crippen molar-refractivity contribution in [3.63, 3.8) is 0 Å². The van der Waals surface area contributed by atoms with E-state index in [4.69, 9.17) is 5.11 Å². The van der Waals surface area contributed by atoms with Gasteiger partial charge in [0.15, 0.2) is 11.5 Å². The van der Waals surface area contributed by atoms with Gasteiger partial charge in [0.25, 0.3) is 0 Å². The molecule has 5 nitrogen and oxygen atoms in total. The van der Waals surface area contributed by atoms with Crippen LogP contribution in [0.5, 0.6) is 11.5 Å². The first-order valence-electron chi connectivity index (χ1n) is 6.39. The summed E-state index contributed by atoms with van der Waals surface area (Å²) >= 11 is 0. The molecule has 0 aliphatic heterocycles. The molecule has 1 aromatic heterocycles. The second-order valence-electron chi connectivity index (χ2n) is 4.66. The van der Waals surface area contributed by atoms with Crippen LogP contribution in [0.15, 0.2) is 36.4 Å². The first-order valence-corrected chi connectivity index (χ1v) is 6.39. The summed E-state index contributed by atoms with van der Waals surface area (Å²) in [6, 6.07) is 8.65. The molecule has 3 rings (SSSR count). The molecule has 2 aromatic carbocycles. The van der Waals surface area contributed by atoms with E-state index in [1.807, 2.05) is 0 Å². The minimum Gasteiger partial charge on any atom is -0.504 e. The van der Waals surface area contributed by atoms with E-state index in [1.165, 1.54) is 28.9 Å². The highest BCUT2D eigenvalue weighted by molar-refractivity contribution is 5.93. The summed E-state index contributed by atoms with van der Waals surface area (Å²) in [5.41, 5.74) is 1.71. The quantitative estimate of drug-likeness (QED) is 0.646. The number of aliphatic hydroxyl groups is 1. The Morgan fingerprint density at radius 1 is 1.05 bits per heavy atom. The fourth-order valence-electron chi connectivity index (χ4n) is 2.30. The van der Waals surface area contributed by atoms with Gasteiger partial charge in [-0.3, -0.25) is 4.68 Å². The molecular weight excluding hydrogens is 275 g/mol. The van der Waals surface area contributed by atoms with Crippen LogP contribution in [0.4, 0.5) is 4.39 Å². The van der Waals surface area contributed by atoms with Crippen LogP contribution in [-0.4, -0.2) is 31.7 Å². The Balaban J connectivity index is 2.24. The summed E-state index contributed by atoms with van der Waals surface area (Å²) in [4.78, 5) is 0. The molecule has 0 aliphatic rings. The molecule has 108 valence electrons. The lowest BCUT2D eigenvalue weighted by Crippen LogP contribution is -2.03. The van der Waals surface area contributed by atoms with E-state index in [0.717, 1.165) is 0 Å². The van der Waals surface area contributed by atoms with Gasteiger partial charge in [-0.1, -0.05) is 0 Å². The normalized spacial score (nSPS) is 11.1. The molecule has 1 heterocycles. The monoisotopic (exact) mass is 288 g/mol. The van der Waals surface area contributed by atoms with Crippen molar-refractivity contribution in [2.75, 3.05) is 6.61 Å². The van der Waals surface area contributed by atoms with Crippen molar-refractivity contribution < 1.29 is 19.7 Å². The van der Waals surface area contributed by atoms with Crippen LogP contribution in [0.3, 0.4) is 0 Å². The van der Waals surface area contributed by atoms with Gasteiger partial charge in [-0.05, 0) is 36.4 Å². The molecule has 0 spiro atoms. The lowest BCUT2D eigenvalue weighted by atomic mass is 10.1. The second kappa shape index (κ2) is 5.06. The molecular formula is C15H13FN2O3. The third-order valence-electron chi connectivity index (χ3n) is 3.27. The summed E-state index contributed by atoms with van der Waals surface area (Å²) in [5, 5.41) is 33.1. The van der Waals surface area contributed by atoms with Gasteiger partial charge < -0.3 is 15.3 Å². The number of aliphatic hydroxyl groups excluding tert-OH is 1. The predicted octanol–water partition coefficient (Wildman–Crippen LogP) is 2.25. The predicted molar refractivity (Wildman–Crippen MR) is 75.5 cm³/mol. The van der Waals surface area contributed by atoms with Crippen molar-refractivity contribution in [2.45, 2.75) is 6.54 Å². The van der Waals surface area contributed by atoms with Crippen molar-refractivity contribution in [1.82, 2.24) is 9.78 Å². The maximum atomic E-state index is 13.4. The van der Waals surface area contributed by atoms with Crippen molar-refractivity contribution in [3.8, 4) is 22.8 Å². The molecule has 0 amide bonds. The van der Waals surface area contributed by atoms with E-state index >= 15 is 0 Å². The smallest absolute Gasteiger partial charge is 0.158 e. The van der Waals surface area contributed by atoms with E-state index < -0.39 is 0 Å². The zero-order chi connectivity index (χ0) is 15.0. The van der Waals surface area contributed by atoms with Gasteiger partial charge in [-0.25, -0.2) is 4.39 Å². The molecule has 3 N–H and O–H groups in total. The van der Waals surface area contributed by atoms with Crippen LogP contribution in [0.1, 0.15) is 0 Å². The average molecular weight is 288 g/mol. The summed E-state index contributed by atoms with van der Waals surface area (Å²) in [7, 11) is 0. The minimum atomic E-state index is -0.387. The highest BCUT2D eigenvalue weighted by atomic mass is 19.1. The van der Waals surface area contributed by atoms with Gasteiger partial charge in [-0.15, -0.1) is 0 Å². The first kappa shape index (κ1) is 13.4. The molecule has 0 bridgehead atoms. The fraction of sp³-hybridized carbons (Fsp3) is 0.133. The van der Waals surface area contributed by atoms with Crippen molar-refractivity contribution >= 4 is 10.9 Å². The number of halogens is 1. The molecule has 0 saturated heterocycles. The lowest BCUT2D eigenvalue weighted by Gasteiger charge is -2.01. The molecule has 0 unspecified atom stereocenters. The Morgan fingerprint density at radius 3 is 2.57 bits per heavy atom. The van der Waals surface area contributed by atoms with E-state index in [1.54, 1.807) is 12.1 Å². The number of phenols is 2. The highest BCUT2D eigenvalue weighted by Gasteiger charge is 2.14. The van der Waals surface area contributed by atoms with Gasteiger partial charge in [-0.2, -0.15) is 5.10 Å². The fourth-order valence-corrected chi connectivity index (χ4v) is 2.30. The van der Waals surface area contributed by atoms with Gasteiger partial charge >= 0.3 is 0 Å². The molecule has 0 fully saturated rings. The number of aromatic hydroxyl groups is 2. The number of hydrogen-bond acceptors (Lipinski definition) is 4. The number of phenolic OH excluding ortho intramolecular Hbond substituents is 2. The largest absolute Gasteiger partial charge is 0.504 e. The Hall–Kier alpha value is -2.60. The number of nitrogens with zero attached hydrogens (tertiary/aromatic N) is 2. The van der Waals surface area contributed by atoms with E-state index in [2.05, 4.69) is 5.10 Å². The number of rotatable bonds is 3. The molecule has 0 aliphatic carbocycles. The Kier molecular flexibility index (Phi) is 3.23. The number of benzene rings is 2. The molecule has 6 heteroatoms. The third kappa shape index (κ3) is 2.30. The van der Waals surface area contributed by atoms with Crippen molar-refractivity contribution in [3.05, 3.63) is 42.2 Å². The zero-order valence-corrected chi connectivity index (χ0v) is 11.0. The zero-order valence-electron chi connectivity index (χ0n) is 11.0. The number of fused-ring (bicyclic) bond motifs is 1. The van der Waals surface area contributed by atoms with Crippen LogP contribution in [0.2, 0.25) is 0 Å². The van der Waals surface area contributed by atoms with Gasteiger partial charge in [0.05, 0.1) is 18.7 Å². The summed E-state index contributed by atoms with van der Waals surface area (Å²) in [6.45, 7) is 0.123. The Morgan fingerprint density at radius 2 is 1.86 bits per heavy atom. The maximum absolute atomic E-state index is 13.4. The molecule has 0 saturated carbocycles. The standard InChI is InChI=1S/C15H13FN2O3/c16-10-2-3-11-12(8-10)18(5-6-19)17-15(11)9-1-4-13(20)14(21)7-9/h1-4,7-8,19-21H,5-6H2. The number of hydrogen-bond donors (Lipinski definition) is 3. The number of aromatic nitrogens is 2. The summed E-state index contributed by atoms with van der Waals surface area (Å²) < 4.78 is 14.9. The van der Waals surface area contributed by atoms with Gasteiger partial charge in [0, 0.05) is 10.9 Å². The average Bonchev–Trinajstić information content (AvgIpc) is 2.81. The SMILES string of the molecule is OCCn1nc(-c2ccc(O)c(O)c2)c2ccc(F)cc21. The van der Waals surface area contributed by atoms with Crippen LogP contribution < -0.4 is 0 Å². The Labute approximate surface area is 119 Å². The minimum absolute atomic E-state index is 0.117. The summed E-state index contributed by atoms with van der Waals surface area (Å²) in [5.74, 6) is -0.856. The van der Waals surface area contributed by atoms with Crippen LogP contribution >= 0.6 is 0 Å². The van der Waals surface area contributed by atoms with Crippen LogP contribution in [0.25, 0.3) is 22.2 Å². The summed E-state index contributed by atoms with van der Waals surface area (Å²) in [6.07, 6.45) is 0. The highest BCUT2D eigenvalue weighted by Crippen LogP contribution is 2.33. The van der Waals surface area contributed by atoms with Crippen molar-refractivity contribution in [1.29, 1.82) is 0 Å². The molecule has 3 aromatic rings. The first-order chi connectivity index (χ1) is 10.1. The van der Waals surface area contributed by atoms with Crippen molar-refractivity contribution in [2.24, 2.45) is 0 Å². The molecule has 0 atom stereocenters. The second-order valence-corrected chi connectivity index (χ2v) is 4.66. The Bertz CT molecular complexity index is 814. The molecule has 21 heavy (non-hydrogen) atoms. The van der Waals surface area contributed by atoms with Gasteiger partial charge in [0.2, 0.25) is 0 Å². The van der Waals surface area contributed by atoms with E-state index in [0.29, 0.717) is 22.2 Å². The van der Waals surface area contributed by atoms with Crippen LogP contribution in [0, 0.1) is 5.82 Å². The molecule has 0 radical (unpaired) electrons.